The average Bonchev–Trinajstić information content (AvgIpc) is 3.60. The summed E-state index contributed by atoms with van der Waals surface area (Å²) in [6.07, 6.45) is 4.05. The van der Waals surface area contributed by atoms with E-state index in [-0.39, 0.29) is 0 Å². The van der Waals surface area contributed by atoms with Crippen LogP contribution in [0.1, 0.15) is 18.4 Å². The molecule has 37 heavy (non-hydrogen) atoms. The zero-order valence-electron chi connectivity index (χ0n) is 20.5. The van der Waals surface area contributed by atoms with Crippen LogP contribution in [0.3, 0.4) is 0 Å². The first-order valence-electron chi connectivity index (χ1n) is 12.7. The lowest BCUT2D eigenvalue weighted by molar-refractivity contribution is 0.0342. The van der Waals surface area contributed by atoms with Crippen molar-refractivity contribution in [2.24, 2.45) is 0 Å². The maximum absolute atomic E-state index is 5.90. The van der Waals surface area contributed by atoms with Crippen molar-refractivity contribution in [2.45, 2.75) is 25.4 Å². The maximum atomic E-state index is 5.90. The second kappa shape index (κ2) is 11.3. The van der Waals surface area contributed by atoms with E-state index in [0.717, 1.165) is 79.6 Å². The van der Waals surface area contributed by atoms with Gasteiger partial charge in [-0.25, -0.2) is 9.97 Å². The van der Waals surface area contributed by atoms with Crippen molar-refractivity contribution in [2.75, 3.05) is 50.0 Å². The molecule has 0 spiro atoms. The number of piperidine rings is 1. The first kappa shape index (κ1) is 24.0. The Morgan fingerprint density at radius 2 is 1.89 bits per heavy atom. The molecule has 1 atom stereocenters. The van der Waals surface area contributed by atoms with E-state index in [4.69, 9.17) is 14.1 Å². The van der Waals surface area contributed by atoms with Crippen LogP contribution in [0.15, 0.2) is 53.1 Å². The largest absolute Gasteiger partial charge is 0.415 e. The van der Waals surface area contributed by atoms with Gasteiger partial charge in [0.1, 0.15) is 16.5 Å². The fourth-order valence-corrected chi connectivity index (χ4v) is 5.32. The highest BCUT2D eigenvalue weighted by molar-refractivity contribution is 7.18. The topological polar surface area (TPSA) is 113 Å². The molecule has 0 unspecified atom stereocenters. The third-order valence-electron chi connectivity index (χ3n) is 6.44. The number of nitrogens with one attached hydrogen (secondary N) is 3. The summed E-state index contributed by atoms with van der Waals surface area (Å²) in [4.78, 5) is 12.6. The van der Waals surface area contributed by atoms with Crippen LogP contribution in [0.5, 0.6) is 0 Å². The van der Waals surface area contributed by atoms with Gasteiger partial charge < -0.3 is 25.1 Å². The smallest absolute Gasteiger partial charge is 0.259 e. The molecule has 2 saturated heterocycles. The number of nitrogens with zero attached hydrogens (tertiary/aromatic N) is 5. The van der Waals surface area contributed by atoms with Gasteiger partial charge in [0.15, 0.2) is 5.13 Å². The van der Waals surface area contributed by atoms with Crippen LogP contribution in [0.4, 0.5) is 16.8 Å². The maximum Gasteiger partial charge on any atom is 0.259 e. The summed E-state index contributed by atoms with van der Waals surface area (Å²) in [7, 11) is 0. The lowest BCUT2D eigenvalue weighted by Crippen LogP contribution is -2.38. The van der Waals surface area contributed by atoms with Gasteiger partial charge in [0.2, 0.25) is 5.89 Å². The monoisotopic (exact) mass is 518 g/mol. The van der Waals surface area contributed by atoms with Crippen molar-refractivity contribution in [3.05, 3.63) is 54.2 Å². The summed E-state index contributed by atoms with van der Waals surface area (Å²) in [6, 6.07) is 14.4. The Morgan fingerprint density at radius 1 is 1.05 bits per heavy atom. The van der Waals surface area contributed by atoms with E-state index < -0.39 is 0 Å². The van der Waals surface area contributed by atoms with Crippen LogP contribution >= 0.6 is 11.3 Å². The van der Waals surface area contributed by atoms with Gasteiger partial charge in [-0.1, -0.05) is 29.5 Å². The van der Waals surface area contributed by atoms with Gasteiger partial charge >= 0.3 is 0 Å². The van der Waals surface area contributed by atoms with E-state index in [1.165, 1.54) is 23.3 Å². The highest BCUT2D eigenvalue weighted by atomic mass is 32.1. The Hall–Kier alpha value is -3.38. The fraction of sp³-hybridized carbons (Fsp3) is 0.385. The summed E-state index contributed by atoms with van der Waals surface area (Å²) in [6.45, 7) is 6.30. The van der Waals surface area contributed by atoms with Crippen molar-refractivity contribution in [1.82, 2.24) is 30.4 Å². The van der Waals surface area contributed by atoms with Gasteiger partial charge in [-0.15, -0.1) is 10.2 Å². The molecule has 2 fully saturated rings. The molecular weight excluding hydrogens is 488 g/mol. The number of benzene rings is 1. The van der Waals surface area contributed by atoms with Crippen LogP contribution in [-0.2, 0) is 11.3 Å². The summed E-state index contributed by atoms with van der Waals surface area (Å²) < 4.78 is 11.4. The molecule has 0 amide bonds. The second-order valence-corrected chi connectivity index (χ2v) is 10.3. The minimum absolute atomic E-state index is 0.371. The second-order valence-electron chi connectivity index (χ2n) is 9.26. The number of pyridine rings is 1. The molecule has 0 bridgehead atoms. The molecule has 3 aromatic heterocycles. The Bertz CT molecular complexity index is 1260. The van der Waals surface area contributed by atoms with Crippen molar-refractivity contribution < 1.29 is 9.15 Å². The van der Waals surface area contributed by atoms with Gasteiger partial charge in [0, 0.05) is 37.8 Å². The lowest BCUT2D eigenvalue weighted by atomic mass is 10.1. The molecule has 3 N–H and O–H groups in total. The number of morpholine rings is 1. The predicted octanol–water partition coefficient (Wildman–Crippen LogP) is 3.99. The van der Waals surface area contributed by atoms with E-state index in [9.17, 15) is 0 Å². The van der Waals surface area contributed by atoms with E-state index in [1.807, 2.05) is 30.3 Å². The van der Waals surface area contributed by atoms with Crippen LogP contribution in [0, 0.1) is 0 Å². The first-order valence-corrected chi connectivity index (χ1v) is 13.5. The minimum atomic E-state index is 0.371. The highest BCUT2D eigenvalue weighted by Gasteiger charge is 2.17. The predicted molar refractivity (Wildman–Crippen MR) is 144 cm³/mol. The summed E-state index contributed by atoms with van der Waals surface area (Å²) >= 11 is 1.46. The molecular formula is C26H30N8O2S. The molecule has 192 valence electrons. The summed E-state index contributed by atoms with van der Waals surface area (Å²) in [5.74, 6) is 2.58. The van der Waals surface area contributed by atoms with Gasteiger partial charge in [0.05, 0.1) is 19.4 Å². The SMILES string of the molecule is c1ccc(-c2nnc(-c3cnc(Nc4cc(CN5CCOCC5)cc(N[C@H]5CCCNC5)n4)s3)o2)cc1. The van der Waals surface area contributed by atoms with Crippen LogP contribution < -0.4 is 16.0 Å². The van der Waals surface area contributed by atoms with Gasteiger partial charge in [0.25, 0.3) is 5.89 Å². The minimum Gasteiger partial charge on any atom is -0.415 e. The molecule has 2 aliphatic rings. The molecule has 1 aromatic carbocycles. The average molecular weight is 519 g/mol. The Morgan fingerprint density at radius 3 is 2.73 bits per heavy atom. The summed E-state index contributed by atoms with van der Waals surface area (Å²) in [5.41, 5.74) is 2.09. The number of thiazole rings is 1. The molecule has 0 aliphatic carbocycles. The van der Waals surface area contributed by atoms with Crippen LogP contribution in [-0.4, -0.2) is 70.5 Å². The van der Waals surface area contributed by atoms with E-state index >= 15 is 0 Å². The number of ether oxygens (including phenoxy) is 1. The van der Waals surface area contributed by atoms with E-state index in [2.05, 4.69) is 48.2 Å². The number of aromatic nitrogens is 4. The van der Waals surface area contributed by atoms with Crippen molar-refractivity contribution in [3.63, 3.8) is 0 Å². The third kappa shape index (κ3) is 6.13. The molecule has 10 nitrogen and oxygen atoms in total. The number of hydrogen-bond acceptors (Lipinski definition) is 11. The standard InChI is InChI=1S/C26H30N8O2S/c1-2-5-19(6-3-1)24-32-33-25(36-24)21-16-28-26(37-21)31-23-14-18(17-34-9-11-35-12-10-34)13-22(30-23)29-20-7-4-8-27-15-20/h1-3,5-6,13-14,16,20,27H,4,7-12,15,17H2,(H2,28,29,30,31)/t20-/m0/s1. The van der Waals surface area contributed by atoms with E-state index in [1.54, 1.807) is 6.20 Å². The number of hydrogen-bond donors (Lipinski definition) is 3. The van der Waals surface area contributed by atoms with Crippen molar-refractivity contribution in [3.8, 4) is 22.2 Å². The molecule has 5 heterocycles. The normalized spacial score (nSPS) is 18.5. The fourth-order valence-electron chi connectivity index (χ4n) is 4.58. The molecule has 2 aliphatic heterocycles. The zero-order valence-corrected chi connectivity index (χ0v) is 21.3. The zero-order chi connectivity index (χ0) is 24.9. The van der Waals surface area contributed by atoms with Crippen LogP contribution in [0.2, 0.25) is 0 Å². The molecule has 0 saturated carbocycles. The first-order chi connectivity index (χ1) is 18.3. The Balaban J connectivity index is 1.20. The van der Waals surface area contributed by atoms with Crippen molar-refractivity contribution >= 4 is 28.1 Å². The molecule has 11 heteroatoms. The summed E-state index contributed by atoms with van der Waals surface area (Å²) in [5, 5.41) is 19.6. The molecule has 6 rings (SSSR count). The van der Waals surface area contributed by atoms with Crippen LogP contribution in [0.25, 0.3) is 22.2 Å². The van der Waals surface area contributed by atoms with Gasteiger partial charge in [-0.3, -0.25) is 4.90 Å². The Labute approximate surface area is 219 Å². The van der Waals surface area contributed by atoms with Crippen molar-refractivity contribution in [1.29, 1.82) is 0 Å². The molecule has 0 radical (unpaired) electrons. The third-order valence-corrected chi connectivity index (χ3v) is 7.34. The Kier molecular flexibility index (Phi) is 7.35. The van der Waals surface area contributed by atoms with Gasteiger partial charge in [-0.2, -0.15) is 0 Å². The highest BCUT2D eigenvalue weighted by Crippen LogP contribution is 2.32. The lowest BCUT2D eigenvalue weighted by Gasteiger charge is -2.27. The van der Waals surface area contributed by atoms with Gasteiger partial charge in [-0.05, 0) is 49.2 Å². The number of rotatable bonds is 8. The number of anilines is 3. The van der Waals surface area contributed by atoms with E-state index in [0.29, 0.717) is 17.8 Å². The quantitative estimate of drug-likeness (QED) is 0.316. The molecule has 4 aromatic rings.